The molecule has 1 atom stereocenters. The lowest BCUT2D eigenvalue weighted by atomic mass is 9.91. The van der Waals surface area contributed by atoms with E-state index in [0.717, 1.165) is 29.0 Å². The molecule has 148 valence electrons. The van der Waals surface area contributed by atoms with Crippen LogP contribution in [0.3, 0.4) is 0 Å². The van der Waals surface area contributed by atoms with Crippen LogP contribution in [0.15, 0.2) is 29.3 Å². The van der Waals surface area contributed by atoms with Crippen LogP contribution in [0.2, 0.25) is 0 Å². The second-order valence-corrected chi connectivity index (χ2v) is 8.01. The van der Waals surface area contributed by atoms with E-state index in [4.69, 9.17) is 0 Å². The molecule has 0 saturated carbocycles. The Morgan fingerprint density at radius 3 is 2.56 bits per heavy atom. The molecule has 0 saturated heterocycles. The second kappa shape index (κ2) is 6.55. The van der Waals surface area contributed by atoms with Crippen molar-refractivity contribution in [3.63, 3.8) is 0 Å². The van der Waals surface area contributed by atoms with Gasteiger partial charge >= 0.3 is 0 Å². The van der Waals surface area contributed by atoms with Crippen LogP contribution < -0.4 is 0 Å². The standard InChI is InChI=1S/C16H13F6NO3S/c17-7-27(25,26)12-6-23(8-1-2-10(18)9(5-8)15(19)20)11-3-4-16(21,22)14(24)13(11)12/h1-2,5-6,14-15,24H,3-4,7H2/t14-/m0/s1. The number of aliphatic hydroxyl groups excluding tert-OH is 1. The summed E-state index contributed by atoms with van der Waals surface area (Å²) in [6.45, 7) is 0. The zero-order valence-electron chi connectivity index (χ0n) is 13.5. The molecule has 27 heavy (non-hydrogen) atoms. The third-order valence-corrected chi connectivity index (χ3v) is 5.74. The fourth-order valence-corrected chi connectivity index (χ4v) is 4.05. The third kappa shape index (κ3) is 3.22. The molecule has 0 radical (unpaired) electrons. The predicted molar refractivity (Wildman–Crippen MR) is 82.1 cm³/mol. The molecule has 1 aliphatic carbocycles. The summed E-state index contributed by atoms with van der Waals surface area (Å²) >= 11 is 0. The van der Waals surface area contributed by atoms with Crippen LogP contribution in [0.1, 0.15) is 35.8 Å². The van der Waals surface area contributed by atoms with Gasteiger partial charge in [0.05, 0.1) is 10.5 Å². The molecule has 1 aliphatic rings. The highest BCUT2D eigenvalue weighted by atomic mass is 32.2. The highest BCUT2D eigenvalue weighted by molar-refractivity contribution is 7.91. The van der Waals surface area contributed by atoms with E-state index in [9.17, 15) is 39.9 Å². The number of hydrogen-bond donors (Lipinski definition) is 1. The molecular weight excluding hydrogens is 400 g/mol. The molecule has 1 aromatic heterocycles. The van der Waals surface area contributed by atoms with Gasteiger partial charge in [-0.3, -0.25) is 0 Å². The van der Waals surface area contributed by atoms with Crippen molar-refractivity contribution in [1.29, 1.82) is 0 Å². The summed E-state index contributed by atoms with van der Waals surface area (Å²) in [6.07, 6.45) is -6.12. The van der Waals surface area contributed by atoms with Crippen molar-refractivity contribution in [2.75, 3.05) is 6.01 Å². The zero-order chi connectivity index (χ0) is 20.1. The van der Waals surface area contributed by atoms with Gasteiger partial charge in [0.25, 0.3) is 12.3 Å². The Labute approximate surface area is 150 Å². The monoisotopic (exact) mass is 413 g/mol. The molecule has 11 heteroatoms. The molecule has 0 spiro atoms. The van der Waals surface area contributed by atoms with E-state index < -0.39 is 69.0 Å². The van der Waals surface area contributed by atoms with Crippen molar-refractivity contribution in [3.8, 4) is 5.69 Å². The quantitative estimate of drug-likeness (QED) is 0.775. The first-order chi connectivity index (χ1) is 12.5. The Bertz CT molecular complexity index is 986. The maximum Gasteiger partial charge on any atom is 0.278 e. The number of nitrogens with zero attached hydrogens (tertiary/aromatic N) is 1. The van der Waals surface area contributed by atoms with Crippen molar-refractivity contribution < 1.29 is 39.9 Å². The molecule has 0 fully saturated rings. The van der Waals surface area contributed by atoms with Gasteiger partial charge in [0.1, 0.15) is 11.9 Å². The number of aliphatic hydroxyl groups is 1. The SMILES string of the molecule is O=S(=O)(CF)c1cn(-c2ccc(F)c(C(F)F)c2)c2c1[C@H](O)C(F)(F)CC2. The van der Waals surface area contributed by atoms with E-state index in [0.29, 0.717) is 0 Å². The molecule has 0 amide bonds. The topological polar surface area (TPSA) is 59.3 Å². The minimum atomic E-state index is -4.65. The van der Waals surface area contributed by atoms with Crippen LogP contribution >= 0.6 is 0 Å². The molecule has 1 aromatic carbocycles. The number of rotatable bonds is 4. The summed E-state index contributed by atoms with van der Waals surface area (Å²) in [5.74, 6) is -4.84. The summed E-state index contributed by atoms with van der Waals surface area (Å²) in [5, 5.41) is 9.95. The summed E-state index contributed by atoms with van der Waals surface area (Å²) < 4.78 is 105. The average molecular weight is 413 g/mol. The third-order valence-electron chi connectivity index (χ3n) is 4.45. The Hall–Kier alpha value is -2.01. The van der Waals surface area contributed by atoms with Gasteiger partial charge < -0.3 is 9.67 Å². The van der Waals surface area contributed by atoms with Crippen molar-refractivity contribution in [2.45, 2.75) is 36.2 Å². The number of aromatic nitrogens is 1. The number of sulfone groups is 1. The smallest absolute Gasteiger partial charge is 0.278 e. The molecule has 3 rings (SSSR count). The minimum Gasteiger partial charge on any atom is -0.382 e. The van der Waals surface area contributed by atoms with Crippen LogP contribution in [-0.4, -0.2) is 30.0 Å². The predicted octanol–water partition coefficient (Wildman–Crippen LogP) is 3.87. The zero-order valence-corrected chi connectivity index (χ0v) is 14.3. The van der Waals surface area contributed by atoms with E-state index in [2.05, 4.69) is 0 Å². The van der Waals surface area contributed by atoms with Crippen LogP contribution in [0.25, 0.3) is 5.69 Å². The first kappa shape index (κ1) is 19.7. The molecule has 0 unspecified atom stereocenters. The summed E-state index contributed by atoms with van der Waals surface area (Å²) in [7, 11) is -4.65. The number of alkyl halides is 5. The van der Waals surface area contributed by atoms with Crippen molar-refractivity contribution in [3.05, 3.63) is 47.0 Å². The van der Waals surface area contributed by atoms with E-state index in [1.54, 1.807) is 0 Å². The lowest BCUT2D eigenvalue weighted by Gasteiger charge is -2.29. The largest absolute Gasteiger partial charge is 0.382 e. The Morgan fingerprint density at radius 2 is 1.96 bits per heavy atom. The molecular formula is C16H13F6NO3S. The highest BCUT2D eigenvalue weighted by Gasteiger charge is 2.47. The molecule has 1 heterocycles. The summed E-state index contributed by atoms with van der Waals surface area (Å²) in [5.41, 5.74) is -1.86. The van der Waals surface area contributed by atoms with Crippen LogP contribution in [0.5, 0.6) is 0 Å². The Kier molecular flexibility index (Phi) is 4.79. The fourth-order valence-electron chi connectivity index (χ4n) is 3.10. The number of fused-ring (bicyclic) bond motifs is 1. The average Bonchev–Trinajstić information content (AvgIpc) is 2.99. The molecule has 2 aromatic rings. The van der Waals surface area contributed by atoms with Gasteiger partial charge in [0, 0.05) is 29.6 Å². The van der Waals surface area contributed by atoms with Crippen molar-refractivity contribution in [1.82, 2.24) is 4.57 Å². The van der Waals surface area contributed by atoms with Gasteiger partial charge in [-0.1, -0.05) is 0 Å². The molecule has 4 nitrogen and oxygen atoms in total. The normalized spacial score (nSPS) is 19.3. The number of hydrogen-bond acceptors (Lipinski definition) is 3. The maximum atomic E-state index is 13.9. The highest BCUT2D eigenvalue weighted by Crippen LogP contribution is 2.45. The van der Waals surface area contributed by atoms with E-state index in [1.807, 2.05) is 0 Å². The van der Waals surface area contributed by atoms with Gasteiger partial charge in [-0.05, 0) is 24.6 Å². The molecule has 1 N–H and O–H groups in total. The summed E-state index contributed by atoms with van der Waals surface area (Å²) in [6, 6.07) is 0.617. The van der Waals surface area contributed by atoms with Crippen LogP contribution in [0, 0.1) is 5.82 Å². The fraction of sp³-hybridized carbons (Fsp3) is 0.375. The van der Waals surface area contributed by atoms with Gasteiger partial charge in [-0.25, -0.2) is 34.8 Å². The van der Waals surface area contributed by atoms with Crippen LogP contribution in [-0.2, 0) is 16.3 Å². The van der Waals surface area contributed by atoms with Gasteiger partial charge in [-0.15, -0.1) is 0 Å². The minimum absolute atomic E-state index is 0.0905. The van der Waals surface area contributed by atoms with Crippen molar-refractivity contribution >= 4 is 9.84 Å². The van der Waals surface area contributed by atoms with Gasteiger partial charge in [-0.2, -0.15) is 0 Å². The van der Waals surface area contributed by atoms with E-state index in [1.165, 1.54) is 0 Å². The number of benzene rings is 1. The Morgan fingerprint density at radius 1 is 1.30 bits per heavy atom. The van der Waals surface area contributed by atoms with Gasteiger partial charge in [0.2, 0.25) is 9.84 Å². The first-order valence-corrected chi connectivity index (χ1v) is 9.31. The van der Waals surface area contributed by atoms with E-state index >= 15 is 0 Å². The molecule has 0 bridgehead atoms. The lowest BCUT2D eigenvalue weighted by molar-refractivity contribution is -0.123. The van der Waals surface area contributed by atoms with Gasteiger partial charge in [0.15, 0.2) is 6.01 Å². The lowest BCUT2D eigenvalue weighted by Crippen LogP contribution is -2.33. The maximum absolute atomic E-state index is 13.9. The first-order valence-electron chi connectivity index (χ1n) is 7.66. The number of halogens is 6. The molecule has 0 aliphatic heterocycles. The van der Waals surface area contributed by atoms with Crippen molar-refractivity contribution in [2.24, 2.45) is 0 Å². The van der Waals surface area contributed by atoms with E-state index in [-0.39, 0.29) is 11.4 Å². The Balaban J connectivity index is 2.28. The second-order valence-electron chi connectivity index (χ2n) is 6.12. The summed E-state index contributed by atoms with van der Waals surface area (Å²) in [4.78, 5) is -0.852. The van der Waals surface area contributed by atoms with Crippen LogP contribution in [0.4, 0.5) is 26.3 Å².